The smallest absolute Gasteiger partial charge is 0.269 e. The molecule has 0 aliphatic heterocycles. The van der Waals surface area contributed by atoms with E-state index in [-0.39, 0.29) is 17.1 Å². The Kier molecular flexibility index (Phi) is 5.19. The largest absolute Gasteiger partial charge is 0.497 e. The van der Waals surface area contributed by atoms with Gasteiger partial charge in [0.25, 0.3) is 5.69 Å². The maximum atomic E-state index is 12.3. The third kappa shape index (κ3) is 4.30. The van der Waals surface area contributed by atoms with Crippen molar-refractivity contribution in [3.05, 3.63) is 70.5 Å². The second kappa shape index (κ2) is 7.56. The predicted molar refractivity (Wildman–Crippen MR) is 95.6 cm³/mol. The molecule has 0 fully saturated rings. The quantitative estimate of drug-likeness (QED) is 0.486. The Morgan fingerprint density at radius 2 is 1.81 bits per heavy atom. The van der Waals surface area contributed by atoms with E-state index in [1.165, 1.54) is 12.1 Å². The third-order valence-electron chi connectivity index (χ3n) is 3.74. The van der Waals surface area contributed by atoms with Gasteiger partial charge in [0.1, 0.15) is 11.4 Å². The van der Waals surface area contributed by atoms with Crippen LogP contribution in [0, 0.1) is 10.1 Å². The van der Waals surface area contributed by atoms with Crippen LogP contribution in [0.5, 0.6) is 5.75 Å². The normalized spacial score (nSPS) is 11.3. The summed E-state index contributed by atoms with van der Waals surface area (Å²) in [4.78, 5) is 9.96. The van der Waals surface area contributed by atoms with Gasteiger partial charge in [-0.1, -0.05) is 5.16 Å². The molecule has 0 radical (unpaired) electrons. The molecule has 0 spiro atoms. The summed E-state index contributed by atoms with van der Waals surface area (Å²) in [5.74, 6) is 1.03. The molecule has 0 saturated heterocycles. The lowest BCUT2D eigenvalue weighted by Gasteiger charge is -2.04. The highest BCUT2D eigenvalue weighted by molar-refractivity contribution is 7.89. The average Bonchev–Trinajstić information content (AvgIpc) is 3.16. The van der Waals surface area contributed by atoms with E-state index in [0.29, 0.717) is 17.2 Å². The first-order valence-corrected chi connectivity index (χ1v) is 9.21. The number of aromatic nitrogens is 1. The Bertz CT molecular complexity index is 1040. The molecule has 0 aliphatic carbocycles. The molecule has 1 N–H and O–H groups in total. The van der Waals surface area contributed by atoms with Crippen LogP contribution in [0.1, 0.15) is 5.76 Å². The first-order chi connectivity index (χ1) is 12.9. The third-order valence-corrected chi connectivity index (χ3v) is 5.16. The lowest BCUT2D eigenvalue weighted by Crippen LogP contribution is -2.22. The molecule has 10 heteroatoms. The Labute approximate surface area is 154 Å². The van der Waals surface area contributed by atoms with Gasteiger partial charge < -0.3 is 9.26 Å². The molecule has 3 rings (SSSR count). The molecule has 27 heavy (non-hydrogen) atoms. The van der Waals surface area contributed by atoms with Crippen molar-refractivity contribution in [2.45, 2.75) is 11.4 Å². The van der Waals surface area contributed by atoms with Crippen molar-refractivity contribution in [3.8, 4) is 17.0 Å². The fourth-order valence-corrected chi connectivity index (χ4v) is 3.28. The molecule has 0 amide bonds. The maximum absolute atomic E-state index is 12.3. The molecule has 0 aliphatic rings. The predicted octanol–water partition coefficient (Wildman–Crippen LogP) is 2.74. The van der Waals surface area contributed by atoms with Crippen LogP contribution in [0.2, 0.25) is 0 Å². The van der Waals surface area contributed by atoms with Crippen LogP contribution in [-0.2, 0) is 16.6 Å². The highest BCUT2D eigenvalue weighted by Gasteiger charge is 2.17. The Balaban J connectivity index is 1.69. The van der Waals surface area contributed by atoms with E-state index >= 15 is 0 Å². The lowest BCUT2D eigenvalue weighted by atomic mass is 10.1. The van der Waals surface area contributed by atoms with Crippen LogP contribution in [0.3, 0.4) is 0 Å². The lowest BCUT2D eigenvalue weighted by molar-refractivity contribution is -0.384. The van der Waals surface area contributed by atoms with Crippen molar-refractivity contribution < 1.29 is 22.6 Å². The van der Waals surface area contributed by atoms with Gasteiger partial charge in [0.05, 0.1) is 23.5 Å². The minimum atomic E-state index is -3.84. The molecule has 1 heterocycles. The van der Waals surface area contributed by atoms with E-state index in [2.05, 4.69) is 9.88 Å². The summed E-state index contributed by atoms with van der Waals surface area (Å²) in [5, 5.41) is 14.6. The molecular weight excluding hydrogens is 374 g/mol. The monoisotopic (exact) mass is 389 g/mol. The van der Waals surface area contributed by atoms with Gasteiger partial charge in [-0.25, -0.2) is 13.1 Å². The first-order valence-electron chi connectivity index (χ1n) is 7.73. The van der Waals surface area contributed by atoms with Crippen molar-refractivity contribution in [1.29, 1.82) is 0 Å². The van der Waals surface area contributed by atoms with E-state index in [1.807, 2.05) is 12.1 Å². The van der Waals surface area contributed by atoms with Gasteiger partial charge in [-0.05, 0) is 36.4 Å². The molecule has 1 aromatic heterocycles. The van der Waals surface area contributed by atoms with E-state index in [4.69, 9.17) is 9.26 Å². The van der Waals surface area contributed by atoms with E-state index in [0.717, 1.165) is 17.7 Å². The zero-order valence-corrected chi connectivity index (χ0v) is 15.0. The maximum Gasteiger partial charge on any atom is 0.269 e. The number of nitrogens with zero attached hydrogens (tertiary/aromatic N) is 2. The number of non-ortho nitro benzene ring substituents is 1. The summed E-state index contributed by atoms with van der Waals surface area (Å²) < 4.78 is 37.2. The summed E-state index contributed by atoms with van der Waals surface area (Å²) in [6, 6.07) is 13.4. The van der Waals surface area contributed by atoms with E-state index < -0.39 is 14.9 Å². The Hall–Kier alpha value is -3.24. The van der Waals surface area contributed by atoms with Crippen LogP contribution < -0.4 is 9.46 Å². The summed E-state index contributed by atoms with van der Waals surface area (Å²) >= 11 is 0. The second-order valence-corrected chi connectivity index (χ2v) is 7.25. The summed E-state index contributed by atoms with van der Waals surface area (Å²) in [6.45, 7) is -0.109. The molecular formula is C17H15N3O6S. The van der Waals surface area contributed by atoms with Crippen LogP contribution >= 0.6 is 0 Å². The number of benzene rings is 2. The highest BCUT2D eigenvalue weighted by atomic mass is 32.2. The van der Waals surface area contributed by atoms with Gasteiger partial charge in [0, 0.05) is 23.8 Å². The van der Waals surface area contributed by atoms with Gasteiger partial charge >= 0.3 is 0 Å². The molecule has 0 saturated carbocycles. The van der Waals surface area contributed by atoms with E-state index in [1.54, 1.807) is 25.3 Å². The van der Waals surface area contributed by atoms with Gasteiger partial charge in [0.2, 0.25) is 10.0 Å². The number of nitro groups is 1. The van der Waals surface area contributed by atoms with E-state index in [9.17, 15) is 18.5 Å². The van der Waals surface area contributed by atoms with Crippen LogP contribution in [-0.4, -0.2) is 25.6 Å². The topological polar surface area (TPSA) is 125 Å². The fraction of sp³-hybridized carbons (Fsp3) is 0.118. The zero-order valence-electron chi connectivity index (χ0n) is 14.2. The van der Waals surface area contributed by atoms with Gasteiger partial charge in [-0.2, -0.15) is 0 Å². The SMILES string of the molecule is COc1ccc(-c2cc(CNS(=O)(=O)c3ccc([N+](=O)[O-])cc3)on2)cc1. The number of methoxy groups -OCH3 is 1. The molecule has 9 nitrogen and oxygen atoms in total. The van der Waals surface area contributed by atoms with Crippen molar-refractivity contribution in [3.63, 3.8) is 0 Å². The zero-order chi connectivity index (χ0) is 19.4. The summed E-state index contributed by atoms with van der Waals surface area (Å²) in [7, 11) is -2.27. The highest BCUT2D eigenvalue weighted by Crippen LogP contribution is 2.22. The Morgan fingerprint density at radius 1 is 1.15 bits per heavy atom. The summed E-state index contributed by atoms with van der Waals surface area (Å²) in [6.07, 6.45) is 0. The molecule has 3 aromatic rings. The Morgan fingerprint density at radius 3 is 2.41 bits per heavy atom. The second-order valence-electron chi connectivity index (χ2n) is 5.48. The standard InChI is InChI=1S/C17H15N3O6S/c1-25-14-6-2-12(3-7-14)17-10-15(26-19-17)11-18-27(23,24)16-8-4-13(5-9-16)20(21)22/h2-10,18H,11H2,1H3. The number of nitro benzene ring substituents is 1. The van der Waals surface area contributed by atoms with Gasteiger partial charge in [0.15, 0.2) is 5.76 Å². The minimum absolute atomic E-state index is 0.0806. The average molecular weight is 389 g/mol. The van der Waals surface area contributed by atoms with Crippen molar-refractivity contribution in [2.24, 2.45) is 0 Å². The minimum Gasteiger partial charge on any atom is -0.497 e. The van der Waals surface area contributed by atoms with Crippen LogP contribution in [0.25, 0.3) is 11.3 Å². The number of ether oxygens (including phenoxy) is 1. The number of hydrogen-bond acceptors (Lipinski definition) is 7. The molecule has 140 valence electrons. The summed E-state index contributed by atoms with van der Waals surface area (Å²) in [5.41, 5.74) is 1.17. The van der Waals surface area contributed by atoms with Crippen molar-refractivity contribution >= 4 is 15.7 Å². The fourth-order valence-electron chi connectivity index (χ4n) is 2.29. The number of nitrogens with one attached hydrogen (secondary N) is 1. The number of hydrogen-bond donors (Lipinski definition) is 1. The van der Waals surface area contributed by atoms with Crippen molar-refractivity contribution in [1.82, 2.24) is 9.88 Å². The van der Waals surface area contributed by atoms with Crippen molar-refractivity contribution in [2.75, 3.05) is 7.11 Å². The van der Waals surface area contributed by atoms with Gasteiger partial charge in [-0.3, -0.25) is 10.1 Å². The molecule has 0 unspecified atom stereocenters. The first kappa shape index (κ1) is 18.5. The molecule has 2 aromatic carbocycles. The van der Waals surface area contributed by atoms with Crippen LogP contribution in [0.15, 0.2) is 64.0 Å². The van der Waals surface area contributed by atoms with Crippen LogP contribution in [0.4, 0.5) is 5.69 Å². The molecule has 0 bridgehead atoms. The number of sulfonamides is 1. The molecule has 0 atom stereocenters. The van der Waals surface area contributed by atoms with Gasteiger partial charge in [-0.15, -0.1) is 0 Å². The number of rotatable bonds is 7.